The molecular formula is C48H92O6. The largest absolute Gasteiger partial charge is 0.462 e. The number of hydrogen-bond donors (Lipinski definition) is 0. The maximum atomic E-state index is 12.7. The molecule has 1 atom stereocenters. The molecule has 0 aliphatic rings. The molecule has 0 spiro atoms. The van der Waals surface area contributed by atoms with Crippen LogP contribution in [0, 0.1) is 5.92 Å². The Bertz CT molecular complexity index is 811. The molecule has 0 aromatic heterocycles. The van der Waals surface area contributed by atoms with Gasteiger partial charge in [0.2, 0.25) is 0 Å². The van der Waals surface area contributed by atoms with Crippen molar-refractivity contribution < 1.29 is 28.6 Å². The number of hydrogen-bond acceptors (Lipinski definition) is 6. The smallest absolute Gasteiger partial charge is 0.306 e. The van der Waals surface area contributed by atoms with Gasteiger partial charge in [-0.15, -0.1) is 0 Å². The molecule has 6 nitrogen and oxygen atoms in total. The van der Waals surface area contributed by atoms with Crippen LogP contribution in [0.3, 0.4) is 0 Å². The van der Waals surface area contributed by atoms with E-state index in [1.807, 2.05) is 0 Å². The summed E-state index contributed by atoms with van der Waals surface area (Å²) in [6.07, 6.45) is 42.4. The van der Waals surface area contributed by atoms with Crippen molar-refractivity contribution in [3.63, 3.8) is 0 Å². The lowest BCUT2D eigenvalue weighted by Gasteiger charge is -2.18. The van der Waals surface area contributed by atoms with E-state index in [2.05, 4.69) is 27.7 Å². The Morgan fingerprint density at radius 1 is 0.352 bits per heavy atom. The monoisotopic (exact) mass is 765 g/mol. The van der Waals surface area contributed by atoms with Gasteiger partial charge >= 0.3 is 17.9 Å². The Morgan fingerprint density at radius 3 is 0.907 bits per heavy atom. The van der Waals surface area contributed by atoms with E-state index >= 15 is 0 Å². The zero-order chi connectivity index (χ0) is 39.6. The molecule has 0 aromatic carbocycles. The molecule has 0 heterocycles. The molecule has 0 saturated heterocycles. The number of esters is 3. The summed E-state index contributed by atoms with van der Waals surface area (Å²) in [5.74, 6) is -0.0963. The van der Waals surface area contributed by atoms with E-state index in [4.69, 9.17) is 14.2 Å². The lowest BCUT2D eigenvalue weighted by atomic mass is 10.0. The summed E-state index contributed by atoms with van der Waals surface area (Å²) < 4.78 is 16.7. The molecule has 0 aromatic rings. The third kappa shape index (κ3) is 41.6. The van der Waals surface area contributed by atoms with Gasteiger partial charge in [-0.1, -0.05) is 227 Å². The molecule has 0 aliphatic heterocycles. The molecule has 6 heteroatoms. The average Bonchev–Trinajstić information content (AvgIpc) is 3.15. The second-order valence-electron chi connectivity index (χ2n) is 16.9. The van der Waals surface area contributed by atoms with Gasteiger partial charge in [-0.05, 0) is 25.2 Å². The molecule has 0 radical (unpaired) electrons. The van der Waals surface area contributed by atoms with Crippen LogP contribution in [0.1, 0.15) is 265 Å². The van der Waals surface area contributed by atoms with E-state index in [1.165, 1.54) is 161 Å². The number of unbranched alkanes of at least 4 members (excludes halogenated alkanes) is 30. The fourth-order valence-corrected chi connectivity index (χ4v) is 7.16. The second kappa shape index (κ2) is 42.6. The minimum absolute atomic E-state index is 0.0644. The number of carbonyl (C=O) groups excluding carboxylic acids is 3. The predicted octanol–water partition coefficient (Wildman–Crippen LogP) is 15.1. The molecule has 0 N–H and O–H groups in total. The zero-order valence-electron chi connectivity index (χ0n) is 36.7. The molecular weight excluding hydrogens is 673 g/mol. The highest BCUT2D eigenvalue weighted by molar-refractivity contribution is 5.71. The molecule has 54 heavy (non-hydrogen) atoms. The fraction of sp³-hybridized carbons (Fsp3) is 0.938. The maximum absolute atomic E-state index is 12.7. The van der Waals surface area contributed by atoms with Gasteiger partial charge in [-0.25, -0.2) is 0 Å². The summed E-state index contributed by atoms with van der Waals surface area (Å²) >= 11 is 0. The van der Waals surface area contributed by atoms with Crippen molar-refractivity contribution in [3.8, 4) is 0 Å². The summed E-state index contributed by atoms with van der Waals surface area (Å²) in [5.41, 5.74) is 0. The highest BCUT2D eigenvalue weighted by Gasteiger charge is 2.19. The van der Waals surface area contributed by atoms with Crippen LogP contribution in [0.2, 0.25) is 0 Å². The molecule has 0 rings (SSSR count). The molecule has 0 aliphatic carbocycles. The summed E-state index contributed by atoms with van der Waals surface area (Å²) in [7, 11) is 0. The second-order valence-corrected chi connectivity index (χ2v) is 16.9. The van der Waals surface area contributed by atoms with Gasteiger partial charge in [0.1, 0.15) is 13.2 Å². The predicted molar refractivity (Wildman–Crippen MR) is 229 cm³/mol. The minimum atomic E-state index is -0.760. The summed E-state index contributed by atoms with van der Waals surface area (Å²) in [4.78, 5) is 37.7. The van der Waals surface area contributed by atoms with E-state index in [1.54, 1.807) is 0 Å². The fourth-order valence-electron chi connectivity index (χ4n) is 7.16. The van der Waals surface area contributed by atoms with Crippen LogP contribution in [0.4, 0.5) is 0 Å². The van der Waals surface area contributed by atoms with Crippen LogP contribution in [-0.2, 0) is 28.6 Å². The van der Waals surface area contributed by atoms with E-state index in [0.29, 0.717) is 19.3 Å². The number of ether oxygens (including phenoxy) is 3. The lowest BCUT2D eigenvalue weighted by Crippen LogP contribution is -2.30. The quantitative estimate of drug-likeness (QED) is 0.0349. The first kappa shape index (κ1) is 52.4. The molecule has 0 fully saturated rings. The maximum Gasteiger partial charge on any atom is 0.306 e. The van der Waals surface area contributed by atoms with Crippen LogP contribution in [-0.4, -0.2) is 37.2 Å². The first-order valence-electron chi connectivity index (χ1n) is 23.9. The van der Waals surface area contributed by atoms with Crippen molar-refractivity contribution in [1.29, 1.82) is 0 Å². The van der Waals surface area contributed by atoms with Crippen LogP contribution >= 0.6 is 0 Å². The molecule has 320 valence electrons. The van der Waals surface area contributed by atoms with Crippen molar-refractivity contribution in [2.45, 2.75) is 271 Å². The van der Waals surface area contributed by atoms with Gasteiger partial charge in [0.25, 0.3) is 0 Å². The van der Waals surface area contributed by atoms with Crippen LogP contribution in [0.15, 0.2) is 0 Å². The summed E-state index contributed by atoms with van der Waals surface area (Å²) in [6, 6.07) is 0. The van der Waals surface area contributed by atoms with Gasteiger partial charge in [0.05, 0.1) is 0 Å². The SMILES string of the molecule is CCCCCCCCCCCCCCCCC(=O)OC[C@@H](COC(=O)CCCCCCCCCCCCCCC)OC(=O)CCCCCCCCC(C)C. The van der Waals surface area contributed by atoms with Crippen LogP contribution in [0.5, 0.6) is 0 Å². The van der Waals surface area contributed by atoms with E-state index in [0.717, 1.165) is 63.7 Å². The van der Waals surface area contributed by atoms with Gasteiger partial charge < -0.3 is 14.2 Å². The molecule has 0 bridgehead atoms. The van der Waals surface area contributed by atoms with Crippen molar-refractivity contribution >= 4 is 17.9 Å². The Kier molecular flexibility index (Phi) is 41.3. The van der Waals surface area contributed by atoms with E-state index < -0.39 is 6.10 Å². The third-order valence-corrected chi connectivity index (χ3v) is 10.8. The highest BCUT2D eigenvalue weighted by atomic mass is 16.6. The summed E-state index contributed by atoms with van der Waals surface area (Å²) in [5, 5.41) is 0. The average molecular weight is 765 g/mol. The standard InChI is InChI=1S/C48H92O6/c1-5-7-9-11-13-15-17-19-21-23-25-27-32-36-40-47(50)53-43-45(54-48(51)41-37-33-29-28-30-34-38-44(3)4)42-52-46(49)39-35-31-26-24-22-20-18-16-14-12-10-8-6-2/h44-45H,5-43H2,1-4H3/t45-/m1/s1. The number of carbonyl (C=O) groups is 3. The third-order valence-electron chi connectivity index (χ3n) is 10.8. The van der Waals surface area contributed by atoms with Gasteiger partial charge in [0.15, 0.2) is 6.10 Å². The molecule has 0 saturated carbocycles. The first-order valence-corrected chi connectivity index (χ1v) is 23.9. The summed E-state index contributed by atoms with van der Waals surface area (Å²) in [6.45, 7) is 8.94. The van der Waals surface area contributed by atoms with Crippen molar-refractivity contribution in [2.24, 2.45) is 5.92 Å². The highest BCUT2D eigenvalue weighted by Crippen LogP contribution is 2.16. The molecule has 0 amide bonds. The number of rotatable bonds is 43. The van der Waals surface area contributed by atoms with Gasteiger partial charge in [-0.2, -0.15) is 0 Å². The van der Waals surface area contributed by atoms with E-state index in [9.17, 15) is 14.4 Å². The topological polar surface area (TPSA) is 78.9 Å². The Morgan fingerprint density at radius 2 is 0.611 bits per heavy atom. The van der Waals surface area contributed by atoms with Gasteiger partial charge in [0, 0.05) is 19.3 Å². The van der Waals surface area contributed by atoms with Gasteiger partial charge in [-0.3, -0.25) is 14.4 Å². The Hall–Kier alpha value is -1.59. The normalized spacial score (nSPS) is 11.9. The Labute approximate surface area is 336 Å². The van der Waals surface area contributed by atoms with Crippen LogP contribution < -0.4 is 0 Å². The van der Waals surface area contributed by atoms with Crippen molar-refractivity contribution in [2.75, 3.05) is 13.2 Å². The lowest BCUT2D eigenvalue weighted by molar-refractivity contribution is -0.167. The zero-order valence-corrected chi connectivity index (χ0v) is 36.7. The van der Waals surface area contributed by atoms with Crippen molar-refractivity contribution in [1.82, 2.24) is 0 Å². The van der Waals surface area contributed by atoms with Crippen LogP contribution in [0.25, 0.3) is 0 Å². The van der Waals surface area contributed by atoms with Crippen molar-refractivity contribution in [3.05, 3.63) is 0 Å². The van der Waals surface area contributed by atoms with E-state index in [-0.39, 0.29) is 31.1 Å². The first-order chi connectivity index (χ1) is 26.4. The molecule has 0 unspecified atom stereocenters. The minimum Gasteiger partial charge on any atom is -0.462 e. The Balaban J connectivity index is 4.28.